The van der Waals surface area contributed by atoms with Gasteiger partial charge in [0.25, 0.3) is 0 Å². The molecule has 1 aromatic heterocycles. The first-order valence-corrected chi connectivity index (χ1v) is 5.13. The van der Waals surface area contributed by atoms with Crippen molar-refractivity contribution >= 4 is 0 Å². The maximum absolute atomic E-state index is 5.72. The second-order valence-corrected chi connectivity index (χ2v) is 3.66. The van der Waals surface area contributed by atoms with Crippen molar-refractivity contribution in [2.45, 2.75) is 13.5 Å². The summed E-state index contributed by atoms with van der Waals surface area (Å²) in [6.07, 6.45) is 3.80. The van der Waals surface area contributed by atoms with Crippen molar-refractivity contribution in [1.29, 1.82) is 0 Å². The van der Waals surface area contributed by atoms with Gasteiger partial charge in [0.2, 0.25) is 0 Å². The first-order valence-electron chi connectivity index (χ1n) is 5.13. The second kappa shape index (κ2) is 4.37. The van der Waals surface area contributed by atoms with Crippen LogP contribution in [0.2, 0.25) is 0 Å². The van der Waals surface area contributed by atoms with Crippen LogP contribution in [-0.2, 0) is 6.54 Å². The van der Waals surface area contributed by atoms with Crippen LogP contribution in [0.3, 0.4) is 0 Å². The van der Waals surface area contributed by atoms with Crippen LogP contribution in [0.25, 0.3) is 5.69 Å². The van der Waals surface area contributed by atoms with Crippen molar-refractivity contribution in [3.63, 3.8) is 0 Å². The Morgan fingerprint density at radius 2 is 2.25 bits per heavy atom. The van der Waals surface area contributed by atoms with Gasteiger partial charge in [-0.15, -0.1) is 0 Å². The second-order valence-electron chi connectivity index (χ2n) is 3.66. The van der Waals surface area contributed by atoms with E-state index in [9.17, 15) is 0 Å². The maximum atomic E-state index is 5.72. The molecule has 0 aliphatic rings. The minimum atomic E-state index is 0.464. The van der Waals surface area contributed by atoms with E-state index in [4.69, 9.17) is 10.5 Å². The Morgan fingerprint density at radius 1 is 1.44 bits per heavy atom. The van der Waals surface area contributed by atoms with Crippen LogP contribution >= 0.6 is 0 Å². The zero-order chi connectivity index (χ0) is 11.5. The molecule has 2 aromatic rings. The fraction of sp³-hybridized carbons (Fsp3) is 0.250. The van der Waals surface area contributed by atoms with Crippen molar-refractivity contribution in [2.24, 2.45) is 5.73 Å². The molecule has 0 aliphatic heterocycles. The summed E-state index contributed by atoms with van der Waals surface area (Å²) < 4.78 is 7.00. The molecule has 0 fully saturated rings. The van der Waals surface area contributed by atoms with E-state index in [0.29, 0.717) is 6.54 Å². The SMILES string of the molecule is COc1ccc(-n2cc(C)cn2)c(CN)c1. The Bertz CT molecular complexity index is 491. The molecule has 0 atom stereocenters. The number of rotatable bonds is 3. The molecule has 1 heterocycles. The molecular formula is C12H15N3O. The number of methoxy groups -OCH3 is 1. The standard InChI is InChI=1S/C12H15N3O/c1-9-7-14-15(8-9)12-4-3-11(16-2)5-10(12)6-13/h3-5,7-8H,6,13H2,1-2H3. The predicted octanol–water partition coefficient (Wildman–Crippen LogP) is 1.65. The number of aromatic nitrogens is 2. The lowest BCUT2D eigenvalue weighted by Gasteiger charge is -2.09. The number of aryl methyl sites for hydroxylation is 1. The lowest BCUT2D eigenvalue weighted by Crippen LogP contribution is -2.05. The number of nitrogens with two attached hydrogens (primary N) is 1. The number of nitrogens with zero attached hydrogens (tertiary/aromatic N) is 2. The van der Waals surface area contributed by atoms with E-state index in [-0.39, 0.29) is 0 Å². The summed E-state index contributed by atoms with van der Waals surface area (Å²) in [5, 5.41) is 4.27. The van der Waals surface area contributed by atoms with Crippen molar-refractivity contribution in [2.75, 3.05) is 7.11 Å². The molecule has 2 rings (SSSR count). The van der Waals surface area contributed by atoms with Crippen molar-refractivity contribution in [3.05, 3.63) is 41.7 Å². The zero-order valence-corrected chi connectivity index (χ0v) is 9.47. The Labute approximate surface area is 94.6 Å². The monoisotopic (exact) mass is 217 g/mol. The summed E-state index contributed by atoms with van der Waals surface area (Å²) in [7, 11) is 1.65. The molecule has 16 heavy (non-hydrogen) atoms. The Balaban J connectivity index is 2.48. The van der Waals surface area contributed by atoms with Gasteiger partial charge >= 0.3 is 0 Å². The molecule has 0 unspecified atom stereocenters. The summed E-state index contributed by atoms with van der Waals surface area (Å²) >= 11 is 0. The van der Waals surface area contributed by atoms with E-state index < -0.39 is 0 Å². The van der Waals surface area contributed by atoms with Crippen molar-refractivity contribution < 1.29 is 4.74 Å². The third kappa shape index (κ3) is 1.92. The van der Waals surface area contributed by atoms with Crippen LogP contribution in [0, 0.1) is 6.92 Å². The summed E-state index contributed by atoms with van der Waals surface area (Å²) in [4.78, 5) is 0. The van der Waals surface area contributed by atoms with Crippen molar-refractivity contribution in [1.82, 2.24) is 9.78 Å². The van der Waals surface area contributed by atoms with Crippen LogP contribution < -0.4 is 10.5 Å². The van der Waals surface area contributed by atoms with Gasteiger partial charge in [-0.25, -0.2) is 4.68 Å². The molecular weight excluding hydrogens is 202 g/mol. The molecule has 4 heteroatoms. The van der Waals surface area contributed by atoms with Gasteiger partial charge in [0.15, 0.2) is 0 Å². The zero-order valence-electron chi connectivity index (χ0n) is 9.47. The molecule has 0 bridgehead atoms. The molecule has 4 nitrogen and oxygen atoms in total. The van der Waals surface area contributed by atoms with Gasteiger partial charge in [0.05, 0.1) is 19.0 Å². The van der Waals surface area contributed by atoms with Gasteiger partial charge in [-0.2, -0.15) is 5.10 Å². The van der Waals surface area contributed by atoms with E-state index in [1.54, 1.807) is 7.11 Å². The molecule has 2 N–H and O–H groups in total. The minimum absolute atomic E-state index is 0.464. The molecule has 0 radical (unpaired) electrons. The largest absolute Gasteiger partial charge is 0.497 e. The van der Waals surface area contributed by atoms with Gasteiger partial charge in [0, 0.05) is 12.7 Å². The fourth-order valence-electron chi connectivity index (χ4n) is 1.62. The molecule has 84 valence electrons. The first-order chi connectivity index (χ1) is 7.74. The van der Waals surface area contributed by atoms with E-state index >= 15 is 0 Å². The van der Waals surface area contributed by atoms with Gasteiger partial charge in [0.1, 0.15) is 5.75 Å². The van der Waals surface area contributed by atoms with Gasteiger partial charge in [-0.3, -0.25) is 0 Å². The molecule has 0 spiro atoms. The fourth-order valence-corrected chi connectivity index (χ4v) is 1.62. The number of hydrogen-bond donors (Lipinski definition) is 1. The van der Waals surface area contributed by atoms with Crippen LogP contribution in [0.5, 0.6) is 5.75 Å². The number of hydrogen-bond acceptors (Lipinski definition) is 3. The predicted molar refractivity (Wildman–Crippen MR) is 62.7 cm³/mol. The molecule has 0 saturated carbocycles. The minimum Gasteiger partial charge on any atom is -0.497 e. The number of benzene rings is 1. The van der Waals surface area contributed by atoms with E-state index in [2.05, 4.69) is 5.10 Å². The highest BCUT2D eigenvalue weighted by molar-refractivity contribution is 5.45. The lowest BCUT2D eigenvalue weighted by atomic mass is 10.1. The van der Waals surface area contributed by atoms with Crippen LogP contribution in [-0.4, -0.2) is 16.9 Å². The number of ether oxygens (including phenoxy) is 1. The molecule has 0 amide bonds. The van der Waals surface area contributed by atoms with E-state index in [0.717, 1.165) is 22.6 Å². The van der Waals surface area contributed by atoms with E-state index in [1.165, 1.54) is 0 Å². The van der Waals surface area contributed by atoms with Crippen LogP contribution in [0.4, 0.5) is 0 Å². The van der Waals surface area contributed by atoms with Crippen LogP contribution in [0.15, 0.2) is 30.6 Å². The average Bonchev–Trinajstić information content (AvgIpc) is 2.74. The highest BCUT2D eigenvalue weighted by Gasteiger charge is 2.05. The summed E-state index contributed by atoms with van der Waals surface area (Å²) in [5.41, 5.74) is 8.86. The average molecular weight is 217 g/mol. The smallest absolute Gasteiger partial charge is 0.119 e. The van der Waals surface area contributed by atoms with Crippen LogP contribution in [0.1, 0.15) is 11.1 Å². The Kier molecular flexibility index (Phi) is 2.92. The van der Waals surface area contributed by atoms with Gasteiger partial charge in [-0.1, -0.05) is 0 Å². The summed E-state index contributed by atoms with van der Waals surface area (Å²) in [6.45, 7) is 2.47. The topological polar surface area (TPSA) is 53.1 Å². The summed E-state index contributed by atoms with van der Waals surface area (Å²) in [5.74, 6) is 0.813. The lowest BCUT2D eigenvalue weighted by molar-refractivity contribution is 0.414. The van der Waals surface area contributed by atoms with Gasteiger partial charge < -0.3 is 10.5 Å². The maximum Gasteiger partial charge on any atom is 0.119 e. The molecule has 1 aromatic carbocycles. The third-order valence-corrected chi connectivity index (χ3v) is 2.47. The Hall–Kier alpha value is -1.81. The first kappa shape index (κ1) is 10.7. The highest BCUT2D eigenvalue weighted by atomic mass is 16.5. The summed E-state index contributed by atoms with van der Waals surface area (Å²) in [6, 6.07) is 5.81. The third-order valence-electron chi connectivity index (χ3n) is 2.47. The highest BCUT2D eigenvalue weighted by Crippen LogP contribution is 2.20. The quantitative estimate of drug-likeness (QED) is 0.850. The molecule has 0 aliphatic carbocycles. The van der Waals surface area contributed by atoms with Gasteiger partial charge in [-0.05, 0) is 36.2 Å². The van der Waals surface area contributed by atoms with E-state index in [1.807, 2.05) is 42.2 Å². The normalized spacial score (nSPS) is 10.4. The van der Waals surface area contributed by atoms with Crippen molar-refractivity contribution in [3.8, 4) is 11.4 Å². The molecule has 0 saturated heterocycles. The Morgan fingerprint density at radius 3 is 2.81 bits per heavy atom.